The van der Waals surface area contributed by atoms with Crippen LogP contribution in [0.1, 0.15) is 0 Å². The molecule has 0 aliphatic carbocycles. The van der Waals surface area contributed by atoms with Crippen molar-refractivity contribution in [2.75, 3.05) is 31.1 Å². The molecule has 0 bridgehead atoms. The predicted octanol–water partition coefficient (Wildman–Crippen LogP) is 2.30. The Morgan fingerprint density at radius 1 is 0.846 bits per heavy atom. The molecular formula is C19H18N2O4S. The minimum absolute atomic E-state index is 0.0915. The third kappa shape index (κ3) is 2.89. The molecule has 0 spiro atoms. The number of hydrogen-bond acceptors (Lipinski definition) is 5. The Balaban J connectivity index is 1.56. The second-order valence-electron chi connectivity index (χ2n) is 6.15. The van der Waals surface area contributed by atoms with Crippen molar-refractivity contribution in [3.63, 3.8) is 0 Å². The lowest BCUT2D eigenvalue weighted by Gasteiger charge is -2.34. The summed E-state index contributed by atoms with van der Waals surface area (Å²) >= 11 is 0. The van der Waals surface area contributed by atoms with Crippen LogP contribution < -0.4 is 10.3 Å². The van der Waals surface area contributed by atoms with Gasteiger partial charge in [0.1, 0.15) is 17.5 Å². The second kappa shape index (κ2) is 6.59. The Hall–Kier alpha value is -2.64. The van der Waals surface area contributed by atoms with Gasteiger partial charge in [0, 0.05) is 26.2 Å². The summed E-state index contributed by atoms with van der Waals surface area (Å²) in [5, 5.41) is 0.532. The Bertz CT molecular complexity index is 1090. The van der Waals surface area contributed by atoms with Gasteiger partial charge in [-0.3, -0.25) is 4.79 Å². The van der Waals surface area contributed by atoms with Crippen LogP contribution in [0.5, 0.6) is 0 Å². The highest BCUT2D eigenvalue weighted by Gasteiger charge is 2.29. The van der Waals surface area contributed by atoms with Crippen LogP contribution in [0.4, 0.5) is 5.69 Å². The van der Waals surface area contributed by atoms with Crippen molar-refractivity contribution in [1.29, 1.82) is 0 Å². The van der Waals surface area contributed by atoms with E-state index in [1.54, 1.807) is 48.5 Å². The van der Waals surface area contributed by atoms with Crippen LogP contribution >= 0.6 is 0 Å². The maximum atomic E-state index is 12.7. The van der Waals surface area contributed by atoms with Gasteiger partial charge in [0.25, 0.3) is 0 Å². The molecule has 6 nitrogen and oxygen atoms in total. The third-order valence-electron chi connectivity index (χ3n) is 4.62. The van der Waals surface area contributed by atoms with E-state index >= 15 is 0 Å². The fourth-order valence-corrected chi connectivity index (χ4v) is 4.64. The van der Waals surface area contributed by atoms with Gasteiger partial charge in [-0.15, -0.1) is 0 Å². The summed E-state index contributed by atoms with van der Waals surface area (Å²) in [5.74, 6) is 0. The second-order valence-corrected chi connectivity index (χ2v) is 8.09. The van der Waals surface area contributed by atoms with Gasteiger partial charge in [0.2, 0.25) is 15.5 Å². The highest BCUT2D eigenvalue weighted by Crippen LogP contribution is 2.21. The first-order chi connectivity index (χ1) is 12.6. The fourth-order valence-electron chi connectivity index (χ4n) is 3.20. The number of hydrogen-bond donors (Lipinski definition) is 0. The highest BCUT2D eigenvalue weighted by molar-refractivity contribution is 7.89. The molecule has 1 saturated heterocycles. The lowest BCUT2D eigenvalue weighted by Crippen LogP contribution is -2.49. The number of sulfonamides is 1. The summed E-state index contributed by atoms with van der Waals surface area (Å²) in [6.07, 6.45) is 1.46. The third-order valence-corrected chi connectivity index (χ3v) is 6.54. The number of benzene rings is 2. The Kier molecular flexibility index (Phi) is 4.26. The van der Waals surface area contributed by atoms with Crippen molar-refractivity contribution in [1.82, 2.24) is 4.31 Å². The zero-order valence-corrected chi connectivity index (χ0v) is 14.9. The summed E-state index contributed by atoms with van der Waals surface area (Å²) in [7, 11) is -3.51. The largest absolute Gasteiger partial charge is 0.462 e. The minimum atomic E-state index is -3.51. The zero-order chi connectivity index (χ0) is 18.1. The van der Waals surface area contributed by atoms with Crippen molar-refractivity contribution in [3.8, 4) is 0 Å². The summed E-state index contributed by atoms with van der Waals surface area (Å²) in [6.45, 7) is 1.53. The van der Waals surface area contributed by atoms with E-state index in [1.165, 1.54) is 10.6 Å². The lowest BCUT2D eigenvalue weighted by atomic mass is 10.2. The van der Waals surface area contributed by atoms with Gasteiger partial charge >= 0.3 is 0 Å². The van der Waals surface area contributed by atoms with E-state index in [2.05, 4.69) is 0 Å². The predicted molar refractivity (Wildman–Crippen MR) is 99.9 cm³/mol. The smallest absolute Gasteiger partial charge is 0.243 e. The molecule has 2 heterocycles. The van der Waals surface area contributed by atoms with E-state index in [0.29, 0.717) is 47.7 Å². The van der Waals surface area contributed by atoms with Gasteiger partial charge in [0.05, 0.1) is 10.3 Å². The molecule has 0 unspecified atom stereocenters. The Morgan fingerprint density at radius 3 is 2.23 bits per heavy atom. The van der Waals surface area contributed by atoms with E-state index in [1.807, 2.05) is 11.0 Å². The van der Waals surface area contributed by atoms with Crippen LogP contribution in [0.25, 0.3) is 11.0 Å². The van der Waals surface area contributed by atoms with E-state index < -0.39 is 10.0 Å². The van der Waals surface area contributed by atoms with Crippen LogP contribution in [0.2, 0.25) is 0 Å². The molecule has 1 aliphatic heterocycles. The fraction of sp³-hybridized carbons (Fsp3) is 0.211. The zero-order valence-electron chi connectivity index (χ0n) is 14.0. The summed E-state index contributed by atoms with van der Waals surface area (Å²) in [6, 6.07) is 15.5. The van der Waals surface area contributed by atoms with Crippen molar-refractivity contribution in [2.45, 2.75) is 4.90 Å². The lowest BCUT2D eigenvalue weighted by molar-refractivity contribution is 0.383. The van der Waals surface area contributed by atoms with E-state index in [9.17, 15) is 13.2 Å². The molecule has 3 aromatic rings. The van der Waals surface area contributed by atoms with Crippen molar-refractivity contribution in [3.05, 3.63) is 71.1 Å². The quantitative estimate of drug-likeness (QED) is 0.708. The molecule has 0 saturated carbocycles. The average molecular weight is 370 g/mol. The van der Waals surface area contributed by atoms with Crippen LogP contribution in [-0.4, -0.2) is 38.9 Å². The molecule has 4 rings (SSSR count). The molecule has 2 aromatic carbocycles. The number of rotatable bonds is 3. The number of anilines is 1. The van der Waals surface area contributed by atoms with Gasteiger partial charge < -0.3 is 9.32 Å². The highest BCUT2D eigenvalue weighted by atomic mass is 32.2. The number of nitrogens with zero attached hydrogens (tertiary/aromatic N) is 2. The maximum Gasteiger partial charge on any atom is 0.243 e. The van der Waals surface area contributed by atoms with Gasteiger partial charge in [-0.25, -0.2) is 8.42 Å². The molecular weight excluding hydrogens is 352 g/mol. The Morgan fingerprint density at radius 2 is 1.50 bits per heavy atom. The van der Waals surface area contributed by atoms with Gasteiger partial charge in [-0.1, -0.05) is 30.3 Å². The molecule has 0 N–H and O–H groups in total. The number of fused-ring (bicyclic) bond motifs is 1. The van der Waals surface area contributed by atoms with Crippen LogP contribution in [-0.2, 0) is 10.0 Å². The SMILES string of the molecule is O=c1c(N2CCN(S(=O)(=O)c3ccccc3)CC2)coc2ccccc12. The summed E-state index contributed by atoms with van der Waals surface area (Å²) in [4.78, 5) is 14.9. The number of piperazine rings is 1. The van der Waals surface area contributed by atoms with Crippen LogP contribution in [0.15, 0.2) is 75.0 Å². The molecule has 7 heteroatoms. The first-order valence-electron chi connectivity index (χ1n) is 8.38. The molecule has 1 aromatic heterocycles. The normalized spacial score (nSPS) is 16.1. The first-order valence-corrected chi connectivity index (χ1v) is 9.82. The minimum Gasteiger partial charge on any atom is -0.462 e. The van der Waals surface area contributed by atoms with E-state index in [-0.39, 0.29) is 5.43 Å². The summed E-state index contributed by atoms with van der Waals surface area (Å²) < 4.78 is 32.4. The average Bonchev–Trinajstić information content (AvgIpc) is 2.69. The van der Waals surface area contributed by atoms with Crippen molar-refractivity contribution in [2.24, 2.45) is 0 Å². The Labute approximate surface area is 151 Å². The monoisotopic (exact) mass is 370 g/mol. The summed E-state index contributed by atoms with van der Waals surface area (Å²) in [5.41, 5.74) is 0.929. The van der Waals surface area contributed by atoms with Gasteiger partial charge in [-0.2, -0.15) is 4.31 Å². The first kappa shape index (κ1) is 16.8. The number of para-hydroxylation sites is 1. The van der Waals surface area contributed by atoms with E-state index in [0.717, 1.165) is 0 Å². The molecule has 1 aliphatic rings. The molecule has 0 radical (unpaired) electrons. The van der Waals surface area contributed by atoms with Gasteiger partial charge in [0.15, 0.2) is 0 Å². The molecule has 0 atom stereocenters. The van der Waals surface area contributed by atoms with Crippen molar-refractivity contribution < 1.29 is 12.8 Å². The van der Waals surface area contributed by atoms with E-state index in [4.69, 9.17) is 4.42 Å². The maximum absolute atomic E-state index is 12.7. The molecule has 1 fully saturated rings. The molecule has 0 amide bonds. The van der Waals surface area contributed by atoms with Crippen LogP contribution in [0, 0.1) is 0 Å². The van der Waals surface area contributed by atoms with Crippen LogP contribution in [0.3, 0.4) is 0 Å². The topological polar surface area (TPSA) is 70.8 Å². The molecule has 26 heavy (non-hydrogen) atoms. The van der Waals surface area contributed by atoms with Gasteiger partial charge in [-0.05, 0) is 24.3 Å². The molecule has 134 valence electrons. The van der Waals surface area contributed by atoms with Crippen molar-refractivity contribution >= 4 is 26.7 Å². The standard InChI is InChI=1S/C19H18N2O4S/c22-19-16-8-4-5-9-18(16)25-14-17(19)20-10-12-21(13-11-20)26(23,24)15-6-2-1-3-7-15/h1-9,14H,10-13H2.